The molecule has 0 aliphatic carbocycles. The standard InChI is InChI=1S/C13H19N3O3/c1-3-10-14-11(7-12(17)15-10)16-5-4-9(13(18)19)6-8(16)2/h7-9H,3-6H2,1-2H3,(H,18,19)(H,14,15,17). The molecule has 0 radical (unpaired) electrons. The van der Waals surface area contributed by atoms with Gasteiger partial charge in [0.25, 0.3) is 5.56 Å². The molecule has 104 valence electrons. The zero-order valence-corrected chi connectivity index (χ0v) is 11.2. The van der Waals surface area contributed by atoms with Gasteiger partial charge in [0.2, 0.25) is 0 Å². The lowest BCUT2D eigenvalue weighted by atomic mass is 9.92. The third-order valence-corrected chi connectivity index (χ3v) is 3.63. The van der Waals surface area contributed by atoms with Crippen molar-refractivity contribution in [3.05, 3.63) is 22.2 Å². The lowest BCUT2D eigenvalue weighted by molar-refractivity contribution is -0.142. The molecule has 19 heavy (non-hydrogen) atoms. The SMILES string of the molecule is CCc1nc(N2CCC(C(=O)O)CC2C)cc(=O)[nH]1. The van der Waals surface area contributed by atoms with Gasteiger partial charge in [0.05, 0.1) is 5.92 Å². The quantitative estimate of drug-likeness (QED) is 0.852. The van der Waals surface area contributed by atoms with Crippen molar-refractivity contribution in [2.75, 3.05) is 11.4 Å². The minimum atomic E-state index is -0.736. The van der Waals surface area contributed by atoms with Gasteiger partial charge >= 0.3 is 5.97 Å². The maximum atomic E-state index is 11.6. The van der Waals surface area contributed by atoms with Crippen LogP contribution in [0.15, 0.2) is 10.9 Å². The number of hydrogen-bond acceptors (Lipinski definition) is 4. The molecule has 2 rings (SSSR count). The van der Waals surface area contributed by atoms with Gasteiger partial charge in [0, 0.05) is 25.1 Å². The molecule has 0 amide bonds. The number of H-pyrrole nitrogens is 1. The largest absolute Gasteiger partial charge is 0.481 e. The molecule has 0 bridgehead atoms. The summed E-state index contributed by atoms with van der Waals surface area (Å²) >= 11 is 0. The van der Waals surface area contributed by atoms with Crippen LogP contribution in [0.5, 0.6) is 0 Å². The fourth-order valence-electron chi connectivity index (χ4n) is 2.55. The summed E-state index contributed by atoms with van der Waals surface area (Å²) in [5.74, 6) is 0.283. The highest BCUT2D eigenvalue weighted by atomic mass is 16.4. The number of carboxylic acid groups (broad SMARTS) is 1. The van der Waals surface area contributed by atoms with Crippen LogP contribution >= 0.6 is 0 Å². The molecule has 1 aromatic heterocycles. The maximum absolute atomic E-state index is 11.6. The first-order chi connectivity index (χ1) is 9.01. The summed E-state index contributed by atoms with van der Waals surface area (Å²) in [6.45, 7) is 4.53. The average Bonchev–Trinajstić information content (AvgIpc) is 2.37. The first kappa shape index (κ1) is 13.6. The van der Waals surface area contributed by atoms with Crippen molar-refractivity contribution in [3.8, 4) is 0 Å². The average molecular weight is 265 g/mol. The van der Waals surface area contributed by atoms with Crippen molar-refractivity contribution in [1.29, 1.82) is 0 Å². The van der Waals surface area contributed by atoms with Gasteiger partial charge in [-0.05, 0) is 19.8 Å². The molecule has 6 heteroatoms. The van der Waals surface area contributed by atoms with Crippen molar-refractivity contribution in [1.82, 2.24) is 9.97 Å². The first-order valence-electron chi connectivity index (χ1n) is 6.61. The predicted octanol–water partition coefficient (Wildman–Crippen LogP) is 1.02. The second-order valence-corrected chi connectivity index (χ2v) is 5.01. The van der Waals surface area contributed by atoms with Gasteiger partial charge in [0.1, 0.15) is 11.6 Å². The van der Waals surface area contributed by atoms with E-state index in [4.69, 9.17) is 5.11 Å². The van der Waals surface area contributed by atoms with Crippen LogP contribution in [0.3, 0.4) is 0 Å². The van der Waals surface area contributed by atoms with Crippen molar-refractivity contribution >= 4 is 11.8 Å². The molecular weight excluding hydrogens is 246 g/mol. The highest BCUT2D eigenvalue weighted by Gasteiger charge is 2.30. The van der Waals surface area contributed by atoms with E-state index in [1.807, 2.05) is 18.7 Å². The topological polar surface area (TPSA) is 86.3 Å². The summed E-state index contributed by atoms with van der Waals surface area (Å²) in [7, 11) is 0. The lowest BCUT2D eigenvalue weighted by Crippen LogP contribution is -2.43. The number of nitrogens with one attached hydrogen (secondary N) is 1. The van der Waals surface area contributed by atoms with Crippen LogP contribution in [0, 0.1) is 5.92 Å². The number of anilines is 1. The Bertz CT molecular complexity index is 526. The van der Waals surface area contributed by atoms with Gasteiger partial charge in [-0.25, -0.2) is 4.98 Å². The Morgan fingerprint density at radius 2 is 2.37 bits per heavy atom. The second kappa shape index (κ2) is 5.42. The number of nitrogens with zero attached hydrogens (tertiary/aromatic N) is 2. The van der Waals surface area contributed by atoms with Crippen LogP contribution in [0.2, 0.25) is 0 Å². The van der Waals surface area contributed by atoms with E-state index >= 15 is 0 Å². The van der Waals surface area contributed by atoms with Crippen LogP contribution in [-0.2, 0) is 11.2 Å². The Morgan fingerprint density at radius 3 is 2.95 bits per heavy atom. The highest BCUT2D eigenvalue weighted by Crippen LogP contribution is 2.26. The number of aromatic nitrogens is 2. The number of aromatic amines is 1. The number of carbonyl (C=O) groups is 1. The van der Waals surface area contributed by atoms with Crippen molar-refractivity contribution in [2.24, 2.45) is 5.92 Å². The molecule has 2 heterocycles. The zero-order valence-electron chi connectivity index (χ0n) is 11.2. The zero-order chi connectivity index (χ0) is 14.0. The number of carboxylic acids is 1. The number of rotatable bonds is 3. The Hall–Kier alpha value is -1.85. The van der Waals surface area contributed by atoms with Crippen LogP contribution in [0.4, 0.5) is 5.82 Å². The number of aryl methyl sites for hydroxylation is 1. The third kappa shape index (κ3) is 2.94. The molecule has 2 unspecified atom stereocenters. The maximum Gasteiger partial charge on any atom is 0.306 e. The minimum Gasteiger partial charge on any atom is -0.481 e. The van der Waals surface area contributed by atoms with Gasteiger partial charge in [-0.2, -0.15) is 0 Å². The van der Waals surface area contributed by atoms with Crippen LogP contribution in [-0.4, -0.2) is 33.6 Å². The Labute approximate surface area is 111 Å². The third-order valence-electron chi connectivity index (χ3n) is 3.63. The number of aliphatic carboxylic acids is 1. The Kier molecular flexibility index (Phi) is 3.87. The molecule has 1 saturated heterocycles. The van der Waals surface area contributed by atoms with E-state index in [0.29, 0.717) is 37.4 Å². The van der Waals surface area contributed by atoms with Crippen LogP contribution in [0.25, 0.3) is 0 Å². The molecule has 2 atom stereocenters. The molecule has 6 nitrogen and oxygen atoms in total. The molecule has 2 N–H and O–H groups in total. The van der Waals surface area contributed by atoms with Gasteiger partial charge in [0.15, 0.2) is 0 Å². The Balaban J connectivity index is 2.21. The summed E-state index contributed by atoms with van der Waals surface area (Å²) < 4.78 is 0. The van der Waals surface area contributed by atoms with Gasteiger partial charge < -0.3 is 15.0 Å². The molecule has 0 saturated carbocycles. The van der Waals surface area contributed by atoms with Gasteiger partial charge in [-0.3, -0.25) is 9.59 Å². The van der Waals surface area contributed by atoms with E-state index in [2.05, 4.69) is 9.97 Å². The summed E-state index contributed by atoms with van der Waals surface area (Å²) in [6.07, 6.45) is 1.85. The van der Waals surface area contributed by atoms with E-state index in [1.54, 1.807) is 0 Å². The summed E-state index contributed by atoms with van der Waals surface area (Å²) in [5, 5.41) is 9.05. The van der Waals surface area contributed by atoms with Crippen molar-refractivity contribution in [3.63, 3.8) is 0 Å². The second-order valence-electron chi connectivity index (χ2n) is 5.01. The summed E-state index contributed by atoms with van der Waals surface area (Å²) in [5.41, 5.74) is -0.158. The molecule has 0 spiro atoms. The fraction of sp³-hybridized carbons (Fsp3) is 0.615. The molecule has 0 aromatic carbocycles. The van der Waals surface area contributed by atoms with E-state index in [9.17, 15) is 9.59 Å². The van der Waals surface area contributed by atoms with E-state index < -0.39 is 5.97 Å². The van der Waals surface area contributed by atoms with Crippen molar-refractivity contribution < 1.29 is 9.90 Å². The Morgan fingerprint density at radius 1 is 1.63 bits per heavy atom. The van der Waals surface area contributed by atoms with E-state index in [1.165, 1.54) is 6.07 Å². The van der Waals surface area contributed by atoms with Crippen LogP contribution in [0.1, 0.15) is 32.5 Å². The fourth-order valence-corrected chi connectivity index (χ4v) is 2.55. The highest BCUT2D eigenvalue weighted by molar-refractivity contribution is 5.70. The van der Waals surface area contributed by atoms with E-state index in [-0.39, 0.29) is 17.5 Å². The molecular formula is C13H19N3O3. The summed E-state index contributed by atoms with van der Waals surface area (Å²) in [4.78, 5) is 31.7. The number of piperidine rings is 1. The molecule has 1 aliphatic heterocycles. The van der Waals surface area contributed by atoms with E-state index in [0.717, 1.165) is 0 Å². The molecule has 1 aromatic rings. The van der Waals surface area contributed by atoms with Gasteiger partial charge in [-0.15, -0.1) is 0 Å². The lowest BCUT2D eigenvalue weighted by Gasteiger charge is -2.37. The van der Waals surface area contributed by atoms with Crippen LogP contribution < -0.4 is 10.5 Å². The predicted molar refractivity (Wildman–Crippen MR) is 71.4 cm³/mol. The summed E-state index contributed by atoms with van der Waals surface area (Å²) in [6, 6.07) is 1.56. The normalized spacial score (nSPS) is 23.4. The number of hydrogen-bond donors (Lipinski definition) is 2. The minimum absolute atomic E-state index is 0.0776. The monoisotopic (exact) mass is 265 g/mol. The molecule has 1 aliphatic rings. The first-order valence-corrected chi connectivity index (χ1v) is 6.61. The van der Waals surface area contributed by atoms with Gasteiger partial charge in [-0.1, -0.05) is 6.92 Å². The van der Waals surface area contributed by atoms with Crippen molar-refractivity contribution in [2.45, 2.75) is 39.2 Å². The smallest absolute Gasteiger partial charge is 0.306 e. The molecule has 1 fully saturated rings.